The van der Waals surface area contributed by atoms with Crippen LogP contribution in [0.2, 0.25) is 0 Å². The van der Waals surface area contributed by atoms with Crippen molar-refractivity contribution in [1.29, 1.82) is 0 Å². The molecular weight excluding hydrogens is 278 g/mol. The van der Waals surface area contributed by atoms with Gasteiger partial charge in [-0.1, -0.05) is 42.5 Å². The minimum absolute atomic E-state index is 0.00963. The van der Waals surface area contributed by atoms with Crippen molar-refractivity contribution in [1.82, 2.24) is 4.57 Å². The first-order chi connectivity index (χ1) is 10.3. The Labute approximate surface area is 127 Å². The van der Waals surface area contributed by atoms with Crippen LogP contribution in [0, 0.1) is 0 Å². The number of hydrogen-bond donors (Lipinski definition) is 0. The second-order valence-electron chi connectivity index (χ2n) is 5.04. The lowest BCUT2D eigenvalue weighted by Crippen LogP contribution is -2.07. The fraction of sp³-hybridized carbons (Fsp3) is 0.0556. The highest BCUT2D eigenvalue weighted by atomic mass is 32.2. The number of rotatable bonds is 0. The van der Waals surface area contributed by atoms with Crippen LogP contribution in [0.25, 0.3) is 17.0 Å². The molecule has 0 spiro atoms. The third-order valence-corrected chi connectivity index (χ3v) is 4.79. The monoisotopic (exact) mass is 291 g/mol. The fourth-order valence-corrected chi connectivity index (χ4v) is 3.77. The number of nitrogens with zero attached hydrogens (tertiary/aromatic N) is 1. The van der Waals surface area contributed by atoms with Crippen LogP contribution < -0.4 is 0 Å². The molecule has 2 aromatic carbocycles. The number of aromatic nitrogens is 1. The summed E-state index contributed by atoms with van der Waals surface area (Å²) in [4.78, 5) is 12.6. The minimum Gasteiger partial charge on any atom is -0.271 e. The second-order valence-corrected chi connectivity index (χ2v) is 6.03. The maximum atomic E-state index is 12.6. The van der Waals surface area contributed by atoms with E-state index in [2.05, 4.69) is 18.2 Å². The Balaban J connectivity index is 1.92. The number of carbonyl (C=O) groups is 1. The van der Waals surface area contributed by atoms with Crippen molar-refractivity contribution in [2.45, 2.75) is 10.8 Å². The zero-order valence-electron chi connectivity index (χ0n) is 11.3. The predicted molar refractivity (Wildman–Crippen MR) is 87.6 cm³/mol. The highest BCUT2D eigenvalue weighted by molar-refractivity contribution is 7.98. The van der Waals surface area contributed by atoms with Crippen molar-refractivity contribution >= 4 is 34.6 Å². The van der Waals surface area contributed by atoms with E-state index in [0.717, 1.165) is 27.2 Å². The fourth-order valence-electron chi connectivity index (χ4n) is 2.68. The molecule has 0 unspecified atom stereocenters. The summed E-state index contributed by atoms with van der Waals surface area (Å²) in [6, 6.07) is 18.3. The van der Waals surface area contributed by atoms with Gasteiger partial charge in [0.15, 0.2) is 0 Å². The molecule has 0 N–H and O–H groups in total. The zero-order valence-corrected chi connectivity index (χ0v) is 12.1. The molecule has 0 aliphatic carbocycles. The van der Waals surface area contributed by atoms with Crippen molar-refractivity contribution < 1.29 is 4.79 Å². The Morgan fingerprint density at radius 3 is 2.71 bits per heavy atom. The van der Waals surface area contributed by atoms with E-state index < -0.39 is 0 Å². The first-order valence-electron chi connectivity index (χ1n) is 6.86. The topological polar surface area (TPSA) is 22.0 Å². The van der Waals surface area contributed by atoms with Crippen LogP contribution in [-0.2, 0) is 5.75 Å². The van der Waals surface area contributed by atoms with Crippen LogP contribution in [0.3, 0.4) is 0 Å². The number of benzene rings is 2. The molecule has 0 saturated heterocycles. The molecule has 4 rings (SSSR count). The summed E-state index contributed by atoms with van der Waals surface area (Å²) in [5.41, 5.74) is 3.35. The molecule has 0 amide bonds. The zero-order chi connectivity index (χ0) is 14.2. The molecular formula is C18H13NOS. The van der Waals surface area contributed by atoms with Gasteiger partial charge in [-0.3, -0.25) is 9.36 Å². The standard InChI is InChI=1S/C18H13NOS/c20-17-10-9-13-5-1-2-7-15(13)12-21-18-11-14-6-3-4-8-16(14)19(17)18/h1-11H,12H2/b10-9-. The lowest BCUT2D eigenvalue weighted by molar-refractivity contribution is 0.0966. The molecule has 2 nitrogen and oxygen atoms in total. The largest absolute Gasteiger partial charge is 0.271 e. The van der Waals surface area contributed by atoms with Gasteiger partial charge < -0.3 is 0 Å². The van der Waals surface area contributed by atoms with Crippen LogP contribution >= 0.6 is 11.8 Å². The SMILES string of the molecule is O=C1/C=C\c2ccccc2CSc2cc3ccccc3n21. The van der Waals surface area contributed by atoms with E-state index in [1.807, 2.05) is 47.0 Å². The molecule has 0 radical (unpaired) electrons. The minimum atomic E-state index is 0.00963. The van der Waals surface area contributed by atoms with Gasteiger partial charge in [0.25, 0.3) is 5.91 Å². The van der Waals surface area contributed by atoms with Gasteiger partial charge in [0.1, 0.15) is 0 Å². The average Bonchev–Trinajstić information content (AvgIpc) is 2.91. The van der Waals surface area contributed by atoms with Crippen molar-refractivity contribution in [2.24, 2.45) is 0 Å². The third-order valence-electron chi connectivity index (χ3n) is 3.73. The van der Waals surface area contributed by atoms with Crippen molar-refractivity contribution in [3.63, 3.8) is 0 Å². The van der Waals surface area contributed by atoms with E-state index in [1.54, 1.807) is 17.8 Å². The molecule has 3 heteroatoms. The number of allylic oxidation sites excluding steroid dienone is 1. The van der Waals surface area contributed by atoms with E-state index in [-0.39, 0.29) is 5.91 Å². The third kappa shape index (κ3) is 2.10. The van der Waals surface area contributed by atoms with Crippen molar-refractivity contribution in [3.05, 3.63) is 71.8 Å². The van der Waals surface area contributed by atoms with E-state index in [1.165, 1.54) is 5.56 Å². The quantitative estimate of drug-likeness (QED) is 0.604. The lowest BCUT2D eigenvalue weighted by atomic mass is 10.1. The molecule has 0 atom stereocenters. The van der Waals surface area contributed by atoms with Crippen LogP contribution in [-0.4, -0.2) is 10.5 Å². The molecule has 3 aromatic rings. The Hall–Kier alpha value is -2.26. The summed E-state index contributed by atoms with van der Waals surface area (Å²) in [6.07, 6.45) is 3.59. The average molecular weight is 291 g/mol. The summed E-state index contributed by atoms with van der Waals surface area (Å²) in [7, 11) is 0. The number of thioether (sulfide) groups is 1. The Morgan fingerprint density at radius 2 is 1.76 bits per heavy atom. The summed E-state index contributed by atoms with van der Waals surface area (Å²) in [5, 5.41) is 2.11. The van der Waals surface area contributed by atoms with Gasteiger partial charge in [0.05, 0.1) is 10.5 Å². The normalized spacial score (nSPS) is 15.7. The first kappa shape index (κ1) is 12.5. The summed E-state index contributed by atoms with van der Waals surface area (Å²) >= 11 is 1.71. The van der Waals surface area contributed by atoms with Gasteiger partial charge in [-0.05, 0) is 29.3 Å². The van der Waals surface area contributed by atoms with Gasteiger partial charge in [0, 0.05) is 17.2 Å². The number of carbonyl (C=O) groups excluding carboxylic acids is 1. The summed E-state index contributed by atoms with van der Waals surface area (Å²) in [5.74, 6) is 0.875. The Bertz CT molecular complexity index is 876. The molecule has 1 aliphatic heterocycles. The molecule has 0 saturated carbocycles. The van der Waals surface area contributed by atoms with Crippen molar-refractivity contribution in [2.75, 3.05) is 0 Å². The van der Waals surface area contributed by atoms with E-state index >= 15 is 0 Å². The van der Waals surface area contributed by atoms with Gasteiger partial charge >= 0.3 is 0 Å². The summed E-state index contributed by atoms with van der Waals surface area (Å²) < 4.78 is 1.81. The lowest BCUT2D eigenvalue weighted by Gasteiger charge is -2.06. The highest BCUT2D eigenvalue weighted by Crippen LogP contribution is 2.32. The van der Waals surface area contributed by atoms with Gasteiger partial charge in [-0.15, -0.1) is 11.8 Å². The van der Waals surface area contributed by atoms with Crippen LogP contribution in [0.15, 0.2) is 65.7 Å². The van der Waals surface area contributed by atoms with Crippen LogP contribution in [0.1, 0.15) is 15.9 Å². The molecule has 1 aliphatic rings. The smallest absolute Gasteiger partial charge is 0.255 e. The van der Waals surface area contributed by atoms with E-state index in [4.69, 9.17) is 0 Å². The number of fused-ring (bicyclic) bond motifs is 4. The molecule has 2 heterocycles. The maximum Gasteiger partial charge on any atom is 0.255 e. The second kappa shape index (κ2) is 4.93. The molecule has 21 heavy (non-hydrogen) atoms. The molecule has 0 fully saturated rings. The van der Waals surface area contributed by atoms with Gasteiger partial charge in [-0.25, -0.2) is 0 Å². The molecule has 1 aromatic heterocycles. The molecule has 0 bridgehead atoms. The van der Waals surface area contributed by atoms with E-state index in [0.29, 0.717) is 0 Å². The molecule has 102 valence electrons. The van der Waals surface area contributed by atoms with Gasteiger partial charge in [-0.2, -0.15) is 0 Å². The Kier molecular flexibility index (Phi) is 2.93. The number of para-hydroxylation sites is 1. The van der Waals surface area contributed by atoms with Crippen LogP contribution in [0.4, 0.5) is 0 Å². The predicted octanol–water partition coefficient (Wildman–Crippen LogP) is 4.60. The van der Waals surface area contributed by atoms with Crippen molar-refractivity contribution in [3.8, 4) is 0 Å². The van der Waals surface area contributed by atoms with E-state index in [9.17, 15) is 4.79 Å². The number of hydrogen-bond acceptors (Lipinski definition) is 2. The van der Waals surface area contributed by atoms with Crippen LogP contribution in [0.5, 0.6) is 0 Å². The Morgan fingerprint density at radius 1 is 0.952 bits per heavy atom. The van der Waals surface area contributed by atoms with Gasteiger partial charge in [0.2, 0.25) is 0 Å². The highest BCUT2D eigenvalue weighted by Gasteiger charge is 2.15. The summed E-state index contributed by atoms with van der Waals surface area (Å²) in [6.45, 7) is 0. The maximum absolute atomic E-state index is 12.6. The first-order valence-corrected chi connectivity index (χ1v) is 7.85.